The van der Waals surface area contributed by atoms with Crippen molar-refractivity contribution in [3.63, 3.8) is 0 Å². The van der Waals surface area contributed by atoms with Gasteiger partial charge >= 0.3 is 0 Å². The topological polar surface area (TPSA) is 34.1 Å². The Bertz CT molecular complexity index is 656. The minimum Gasteiger partial charge on any atom is -0.223 e. The summed E-state index contributed by atoms with van der Waals surface area (Å²) in [4.78, 5) is 0.136. The summed E-state index contributed by atoms with van der Waals surface area (Å²) in [6.07, 6.45) is 0. The van der Waals surface area contributed by atoms with Crippen LogP contribution in [0.3, 0.4) is 0 Å². The Labute approximate surface area is 135 Å². The van der Waals surface area contributed by atoms with Crippen LogP contribution < -0.4 is 0 Å². The number of aryl methyl sites for hydroxylation is 1. The fraction of sp³-hybridized carbons (Fsp3) is 0.143. The third-order valence-corrected chi connectivity index (χ3v) is 5.43. The first kappa shape index (κ1) is 17.4. The molecular formula is C14H14Cl2O2S2. The number of benzene rings is 2. The van der Waals surface area contributed by atoms with E-state index in [0.29, 0.717) is 5.02 Å². The van der Waals surface area contributed by atoms with E-state index in [-0.39, 0.29) is 15.0 Å². The Hall–Kier alpha value is -0.680. The predicted octanol–water partition coefficient (Wildman–Crippen LogP) is 4.65. The van der Waals surface area contributed by atoms with Gasteiger partial charge in [0.05, 0.1) is 20.0 Å². The molecule has 2 nitrogen and oxygen atoms in total. The summed E-state index contributed by atoms with van der Waals surface area (Å²) in [5.41, 5.74) is 1.32. The second-order valence-corrected chi connectivity index (χ2v) is 7.52. The second kappa shape index (κ2) is 7.93. The molecule has 0 unspecified atom stereocenters. The molecule has 0 radical (unpaired) electrons. The summed E-state index contributed by atoms with van der Waals surface area (Å²) < 4.78 is 22.6. The van der Waals surface area contributed by atoms with Gasteiger partial charge in [0.15, 0.2) is 9.84 Å². The lowest BCUT2D eigenvalue weighted by atomic mass is 10.2. The van der Waals surface area contributed by atoms with Crippen LogP contribution in [-0.2, 0) is 9.84 Å². The molecule has 0 N–H and O–H groups in total. The van der Waals surface area contributed by atoms with Crippen LogP contribution in [0.2, 0.25) is 10.0 Å². The Morgan fingerprint density at radius 2 is 1.60 bits per heavy atom. The van der Waals surface area contributed by atoms with Gasteiger partial charge in [-0.15, -0.1) is 0 Å². The van der Waals surface area contributed by atoms with Crippen LogP contribution in [-0.4, -0.2) is 13.5 Å². The Kier molecular flexibility index (Phi) is 6.89. The molecule has 0 heterocycles. The first-order valence-electron chi connectivity index (χ1n) is 5.67. The van der Waals surface area contributed by atoms with Gasteiger partial charge < -0.3 is 0 Å². The van der Waals surface area contributed by atoms with E-state index >= 15 is 0 Å². The van der Waals surface area contributed by atoms with Gasteiger partial charge in [-0.3, -0.25) is 0 Å². The highest BCUT2D eigenvalue weighted by atomic mass is 35.5. The van der Waals surface area contributed by atoms with Crippen LogP contribution in [0.4, 0.5) is 0 Å². The predicted molar refractivity (Wildman–Crippen MR) is 88.7 cm³/mol. The van der Waals surface area contributed by atoms with Crippen molar-refractivity contribution in [1.29, 1.82) is 0 Å². The van der Waals surface area contributed by atoms with E-state index in [4.69, 9.17) is 23.2 Å². The van der Waals surface area contributed by atoms with Crippen LogP contribution in [0, 0.1) is 6.92 Å². The Morgan fingerprint density at radius 3 is 2.00 bits per heavy atom. The molecule has 2 rings (SSSR count). The molecule has 2 aromatic carbocycles. The number of hydrogen-bond acceptors (Lipinski definition) is 3. The Morgan fingerprint density at radius 1 is 1.00 bits per heavy atom. The van der Waals surface area contributed by atoms with Crippen LogP contribution in [0.15, 0.2) is 53.4 Å². The molecule has 0 amide bonds. The lowest BCUT2D eigenvalue weighted by Gasteiger charge is -2.01. The maximum absolute atomic E-state index is 11.3. The Balaban J connectivity index is 0.000000240. The fourth-order valence-electron chi connectivity index (χ4n) is 1.28. The van der Waals surface area contributed by atoms with E-state index < -0.39 is 9.84 Å². The largest absolute Gasteiger partial charge is 0.223 e. The van der Waals surface area contributed by atoms with Crippen molar-refractivity contribution in [2.24, 2.45) is 0 Å². The molecular weight excluding hydrogens is 335 g/mol. The van der Waals surface area contributed by atoms with Gasteiger partial charge in [0.2, 0.25) is 0 Å². The molecule has 0 aliphatic carbocycles. The van der Waals surface area contributed by atoms with Crippen LogP contribution in [0.25, 0.3) is 0 Å². The van der Waals surface area contributed by atoms with Crippen molar-refractivity contribution in [3.05, 3.63) is 64.1 Å². The van der Waals surface area contributed by atoms with E-state index in [9.17, 15) is 8.42 Å². The molecule has 2 aromatic rings. The molecule has 0 saturated heterocycles. The molecule has 0 saturated carbocycles. The number of halogens is 2. The summed E-state index contributed by atoms with van der Waals surface area (Å²) in [5.74, 6) is 0. The smallest absolute Gasteiger partial charge is 0.187 e. The van der Waals surface area contributed by atoms with Crippen LogP contribution in [0.1, 0.15) is 5.56 Å². The van der Waals surface area contributed by atoms with Crippen molar-refractivity contribution in [2.75, 3.05) is 5.08 Å². The summed E-state index contributed by atoms with van der Waals surface area (Å²) in [6, 6.07) is 14.4. The van der Waals surface area contributed by atoms with E-state index in [1.165, 1.54) is 23.8 Å². The van der Waals surface area contributed by atoms with Gasteiger partial charge in [0.1, 0.15) is 0 Å². The lowest BCUT2D eigenvalue weighted by molar-refractivity contribution is 0.601. The second-order valence-electron chi connectivity index (χ2n) is 3.97. The van der Waals surface area contributed by atoms with Crippen molar-refractivity contribution < 1.29 is 8.42 Å². The zero-order chi connectivity index (χ0) is 15.2. The van der Waals surface area contributed by atoms with Crippen LogP contribution >= 0.6 is 35.8 Å². The average Bonchev–Trinajstić information content (AvgIpc) is 2.43. The highest BCUT2D eigenvalue weighted by Gasteiger charge is 2.12. The van der Waals surface area contributed by atoms with Crippen LogP contribution in [0.5, 0.6) is 0 Å². The highest BCUT2D eigenvalue weighted by molar-refractivity contribution is 8.03. The molecule has 108 valence electrons. The van der Waals surface area contributed by atoms with Gasteiger partial charge in [0.25, 0.3) is 0 Å². The molecule has 0 spiro atoms. The van der Waals surface area contributed by atoms with Crippen molar-refractivity contribution in [3.8, 4) is 0 Å². The van der Waals surface area contributed by atoms with E-state index in [1.54, 1.807) is 0 Å². The molecule has 0 fully saturated rings. The van der Waals surface area contributed by atoms with Crippen molar-refractivity contribution >= 4 is 45.7 Å². The molecule has 0 aromatic heterocycles. The monoisotopic (exact) mass is 348 g/mol. The molecule has 20 heavy (non-hydrogen) atoms. The van der Waals surface area contributed by atoms with Crippen molar-refractivity contribution in [1.82, 2.24) is 0 Å². The number of thiol groups is 1. The minimum absolute atomic E-state index is 0.136. The molecule has 0 bridgehead atoms. The fourth-order valence-corrected chi connectivity index (χ4v) is 2.81. The summed E-state index contributed by atoms with van der Waals surface area (Å²) in [6.45, 7) is 2.08. The van der Waals surface area contributed by atoms with Gasteiger partial charge in [-0.05, 0) is 25.1 Å². The van der Waals surface area contributed by atoms with E-state index in [0.717, 1.165) is 0 Å². The standard InChI is InChI=1S/C7H6Cl2O2S2.C7H8/c8-6-2-1-5(3-7(6)9)13(10,11)4-12;1-7-5-3-2-4-6-7/h1-3,12H,4H2;2-6H,1H3. The average molecular weight is 349 g/mol. The van der Waals surface area contributed by atoms with Gasteiger partial charge in [-0.1, -0.05) is 59.1 Å². The van der Waals surface area contributed by atoms with Crippen molar-refractivity contribution in [2.45, 2.75) is 11.8 Å². The first-order chi connectivity index (χ1) is 9.36. The number of rotatable bonds is 2. The highest BCUT2D eigenvalue weighted by Crippen LogP contribution is 2.25. The zero-order valence-corrected chi connectivity index (χ0v) is 14.0. The summed E-state index contributed by atoms with van der Waals surface area (Å²) in [5, 5.41) is 0.314. The SMILES string of the molecule is Cc1ccccc1.O=S(=O)(CS)c1ccc(Cl)c(Cl)c1. The molecule has 0 aliphatic heterocycles. The van der Waals surface area contributed by atoms with Gasteiger partial charge in [-0.25, -0.2) is 8.42 Å². The van der Waals surface area contributed by atoms with Gasteiger partial charge in [0, 0.05) is 0 Å². The molecule has 0 atom stereocenters. The summed E-state index contributed by atoms with van der Waals surface area (Å²) in [7, 11) is -3.32. The molecule has 0 aliphatic rings. The summed E-state index contributed by atoms with van der Waals surface area (Å²) >= 11 is 15.0. The van der Waals surface area contributed by atoms with Gasteiger partial charge in [-0.2, -0.15) is 12.6 Å². The quantitative estimate of drug-likeness (QED) is 0.801. The van der Waals surface area contributed by atoms with E-state index in [2.05, 4.69) is 31.7 Å². The van der Waals surface area contributed by atoms with E-state index in [1.807, 2.05) is 18.2 Å². The maximum Gasteiger partial charge on any atom is 0.187 e. The zero-order valence-electron chi connectivity index (χ0n) is 10.8. The normalized spacial score (nSPS) is 10.6. The maximum atomic E-state index is 11.3. The number of hydrogen-bond donors (Lipinski definition) is 1. The first-order valence-corrected chi connectivity index (χ1v) is 8.71. The lowest BCUT2D eigenvalue weighted by Crippen LogP contribution is -2.01. The third kappa shape index (κ3) is 5.37. The third-order valence-electron chi connectivity index (χ3n) is 2.36. The number of sulfone groups is 1. The minimum atomic E-state index is -3.32. The molecule has 6 heteroatoms.